The van der Waals surface area contributed by atoms with Crippen LogP contribution in [0.3, 0.4) is 0 Å². The van der Waals surface area contributed by atoms with Crippen LogP contribution in [0.25, 0.3) is 0 Å². The third-order valence-electron chi connectivity index (χ3n) is 5.03. The van der Waals surface area contributed by atoms with Gasteiger partial charge in [0.1, 0.15) is 12.2 Å². The molecule has 0 radical (unpaired) electrons. The van der Waals surface area contributed by atoms with E-state index in [2.05, 4.69) is 6.58 Å². The standard InChI is InChI=1S/C27H33NO6/c1-5-12-22(25(31)34-27(2,3)4)23(24(29)30)18-28(17-20-13-8-6-9-14-20)26(32)33-19-21-15-10-7-11-16-21/h5-11,13-16,22-23H,1,12,17-19H2,2-4H3,(H,29,30)/t22-,23?/m0/s1. The van der Waals surface area contributed by atoms with E-state index in [0.29, 0.717) is 0 Å². The third-order valence-corrected chi connectivity index (χ3v) is 5.03. The summed E-state index contributed by atoms with van der Waals surface area (Å²) in [5, 5.41) is 10.0. The van der Waals surface area contributed by atoms with Gasteiger partial charge in [0.05, 0.1) is 11.8 Å². The first-order chi connectivity index (χ1) is 16.1. The summed E-state index contributed by atoms with van der Waals surface area (Å²) in [5.74, 6) is -4.06. The van der Waals surface area contributed by atoms with Gasteiger partial charge in [-0.1, -0.05) is 66.7 Å². The molecule has 1 unspecified atom stereocenters. The van der Waals surface area contributed by atoms with Crippen LogP contribution in [-0.2, 0) is 32.2 Å². The van der Waals surface area contributed by atoms with Crippen molar-refractivity contribution >= 4 is 18.0 Å². The number of ether oxygens (including phenoxy) is 2. The summed E-state index contributed by atoms with van der Waals surface area (Å²) in [6.45, 7) is 8.76. The molecule has 0 aliphatic heterocycles. The van der Waals surface area contributed by atoms with Gasteiger partial charge in [-0.3, -0.25) is 9.59 Å². The molecule has 1 N–H and O–H groups in total. The quantitative estimate of drug-likeness (QED) is 0.367. The van der Waals surface area contributed by atoms with Crippen LogP contribution in [0.4, 0.5) is 4.79 Å². The summed E-state index contributed by atoms with van der Waals surface area (Å²) < 4.78 is 10.9. The molecule has 34 heavy (non-hydrogen) atoms. The van der Waals surface area contributed by atoms with Crippen molar-refractivity contribution in [1.29, 1.82) is 0 Å². The van der Waals surface area contributed by atoms with Gasteiger partial charge >= 0.3 is 18.0 Å². The molecule has 0 aliphatic carbocycles. The van der Waals surface area contributed by atoms with Gasteiger partial charge in [-0.15, -0.1) is 6.58 Å². The lowest BCUT2D eigenvalue weighted by Crippen LogP contribution is -2.43. The highest BCUT2D eigenvalue weighted by Gasteiger charge is 2.38. The number of amides is 1. The van der Waals surface area contributed by atoms with E-state index in [1.807, 2.05) is 60.7 Å². The first-order valence-electron chi connectivity index (χ1n) is 11.2. The van der Waals surface area contributed by atoms with E-state index in [-0.39, 0.29) is 26.1 Å². The topological polar surface area (TPSA) is 93.1 Å². The Balaban J connectivity index is 2.27. The van der Waals surface area contributed by atoms with Crippen molar-refractivity contribution in [1.82, 2.24) is 4.90 Å². The molecule has 0 fully saturated rings. The summed E-state index contributed by atoms with van der Waals surface area (Å²) in [5.41, 5.74) is 0.835. The summed E-state index contributed by atoms with van der Waals surface area (Å²) in [6, 6.07) is 18.4. The summed E-state index contributed by atoms with van der Waals surface area (Å²) in [6.07, 6.45) is 0.921. The molecule has 0 aromatic heterocycles. The fourth-order valence-corrected chi connectivity index (χ4v) is 3.41. The van der Waals surface area contributed by atoms with E-state index in [9.17, 15) is 19.5 Å². The Morgan fingerprint density at radius 2 is 1.53 bits per heavy atom. The maximum atomic E-state index is 13.0. The molecule has 7 heteroatoms. The van der Waals surface area contributed by atoms with Gasteiger partial charge in [-0.2, -0.15) is 0 Å². The number of hydrogen-bond acceptors (Lipinski definition) is 5. The molecular formula is C27H33NO6. The monoisotopic (exact) mass is 467 g/mol. The lowest BCUT2D eigenvalue weighted by molar-refractivity contribution is -0.167. The molecule has 0 saturated heterocycles. The lowest BCUT2D eigenvalue weighted by Gasteiger charge is -2.30. The molecule has 0 saturated carbocycles. The van der Waals surface area contributed by atoms with Crippen molar-refractivity contribution in [3.8, 4) is 0 Å². The van der Waals surface area contributed by atoms with E-state index >= 15 is 0 Å². The number of allylic oxidation sites excluding steroid dienone is 1. The Morgan fingerprint density at radius 3 is 2.03 bits per heavy atom. The Kier molecular flexibility index (Phi) is 9.86. The minimum atomic E-state index is -1.21. The molecule has 182 valence electrons. The fourth-order valence-electron chi connectivity index (χ4n) is 3.41. The molecule has 2 atom stereocenters. The predicted octanol–water partition coefficient (Wildman–Crippen LogP) is 5.06. The average molecular weight is 468 g/mol. The van der Waals surface area contributed by atoms with Crippen molar-refractivity contribution in [3.63, 3.8) is 0 Å². The SMILES string of the molecule is C=CC[C@H](C(=O)OC(C)(C)C)C(CN(Cc1ccccc1)C(=O)OCc1ccccc1)C(=O)O. The first-order valence-corrected chi connectivity index (χ1v) is 11.2. The maximum Gasteiger partial charge on any atom is 0.410 e. The smallest absolute Gasteiger partial charge is 0.410 e. The largest absolute Gasteiger partial charge is 0.481 e. The van der Waals surface area contributed by atoms with Crippen LogP contribution in [0.15, 0.2) is 73.3 Å². The molecular weight excluding hydrogens is 434 g/mol. The van der Waals surface area contributed by atoms with Crippen molar-refractivity contribution in [2.24, 2.45) is 11.8 Å². The van der Waals surface area contributed by atoms with E-state index in [1.165, 1.54) is 11.0 Å². The highest BCUT2D eigenvalue weighted by atomic mass is 16.6. The summed E-state index contributed by atoms with van der Waals surface area (Å²) in [4.78, 5) is 39.5. The van der Waals surface area contributed by atoms with Crippen LogP contribution in [0.1, 0.15) is 38.3 Å². The summed E-state index contributed by atoms with van der Waals surface area (Å²) >= 11 is 0. The van der Waals surface area contributed by atoms with Crippen LogP contribution in [-0.4, -0.2) is 40.2 Å². The van der Waals surface area contributed by atoms with Gasteiger partial charge in [-0.25, -0.2) is 4.79 Å². The summed E-state index contributed by atoms with van der Waals surface area (Å²) in [7, 11) is 0. The zero-order valence-corrected chi connectivity index (χ0v) is 20.0. The number of nitrogens with zero attached hydrogens (tertiary/aromatic N) is 1. The van der Waals surface area contributed by atoms with Gasteiger partial charge in [0.25, 0.3) is 0 Å². The Hall–Kier alpha value is -3.61. The zero-order valence-electron chi connectivity index (χ0n) is 20.0. The van der Waals surface area contributed by atoms with Crippen LogP contribution in [0.5, 0.6) is 0 Å². The maximum absolute atomic E-state index is 13.0. The van der Waals surface area contributed by atoms with E-state index < -0.39 is 35.5 Å². The Morgan fingerprint density at radius 1 is 0.971 bits per heavy atom. The molecule has 0 heterocycles. The highest BCUT2D eigenvalue weighted by Crippen LogP contribution is 2.24. The van der Waals surface area contributed by atoms with Crippen LogP contribution in [0.2, 0.25) is 0 Å². The van der Waals surface area contributed by atoms with Crippen LogP contribution >= 0.6 is 0 Å². The molecule has 2 rings (SSSR count). The lowest BCUT2D eigenvalue weighted by atomic mass is 9.88. The number of carboxylic acid groups (broad SMARTS) is 1. The molecule has 0 aliphatic rings. The molecule has 2 aromatic carbocycles. The van der Waals surface area contributed by atoms with Gasteiger partial charge in [0, 0.05) is 13.1 Å². The van der Waals surface area contributed by atoms with Crippen molar-refractivity contribution in [2.75, 3.05) is 6.54 Å². The van der Waals surface area contributed by atoms with E-state index in [4.69, 9.17) is 9.47 Å². The van der Waals surface area contributed by atoms with Crippen LogP contribution in [0, 0.1) is 11.8 Å². The molecule has 7 nitrogen and oxygen atoms in total. The number of benzene rings is 2. The van der Waals surface area contributed by atoms with Gasteiger partial charge in [0.15, 0.2) is 0 Å². The number of rotatable bonds is 11. The van der Waals surface area contributed by atoms with Crippen molar-refractivity contribution < 1.29 is 29.0 Å². The number of hydrogen-bond donors (Lipinski definition) is 1. The second-order valence-electron chi connectivity index (χ2n) is 9.02. The normalized spacial score (nSPS) is 12.8. The number of esters is 1. The number of carbonyl (C=O) groups excluding carboxylic acids is 2. The van der Waals surface area contributed by atoms with Crippen LogP contribution < -0.4 is 0 Å². The van der Waals surface area contributed by atoms with Crippen molar-refractivity contribution in [3.05, 3.63) is 84.4 Å². The minimum Gasteiger partial charge on any atom is -0.481 e. The van der Waals surface area contributed by atoms with E-state index in [0.717, 1.165) is 11.1 Å². The zero-order chi connectivity index (χ0) is 25.1. The number of carbonyl (C=O) groups is 3. The predicted molar refractivity (Wildman–Crippen MR) is 129 cm³/mol. The van der Waals surface area contributed by atoms with E-state index in [1.54, 1.807) is 20.8 Å². The second kappa shape index (κ2) is 12.6. The van der Waals surface area contributed by atoms with Gasteiger partial charge in [0.2, 0.25) is 0 Å². The highest BCUT2D eigenvalue weighted by molar-refractivity contribution is 5.82. The first kappa shape index (κ1) is 26.6. The number of carboxylic acids is 1. The van der Waals surface area contributed by atoms with Crippen molar-refractivity contribution in [2.45, 2.75) is 45.9 Å². The second-order valence-corrected chi connectivity index (χ2v) is 9.02. The van der Waals surface area contributed by atoms with Gasteiger partial charge in [-0.05, 0) is 38.3 Å². The Bertz CT molecular complexity index is 952. The fraction of sp³-hybridized carbons (Fsp3) is 0.370. The molecule has 0 spiro atoms. The Labute approximate surface area is 201 Å². The third kappa shape index (κ3) is 8.73. The molecule has 2 aromatic rings. The number of aliphatic carboxylic acids is 1. The van der Waals surface area contributed by atoms with Gasteiger partial charge < -0.3 is 19.5 Å². The molecule has 0 bridgehead atoms. The molecule has 1 amide bonds. The average Bonchev–Trinajstić information content (AvgIpc) is 2.79. The minimum absolute atomic E-state index is 0.0465.